The Hall–Kier alpha value is -3.20. The molecule has 1 heterocycles. The van der Waals surface area contributed by atoms with Gasteiger partial charge in [0.2, 0.25) is 0 Å². The highest BCUT2D eigenvalue weighted by atomic mass is 35.5. The van der Waals surface area contributed by atoms with Crippen LogP contribution in [0.1, 0.15) is 23.6 Å². The summed E-state index contributed by atoms with van der Waals surface area (Å²) in [6.07, 6.45) is 1.72. The van der Waals surface area contributed by atoms with Gasteiger partial charge in [0.25, 0.3) is 5.91 Å². The molecule has 0 unspecified atom stereocenters. The quantitative estimate of drug-likeness (QED) is 0.235. The third kappa shape index (κ3) is 6.51. The summed E-state index contributed by atoms with van der Waals surface area (Å²) >= 11 is 12.8. The van der Waals surface area contributed by atoms with E-state index in [1.54, 1.807) is 25.3 Å². The molecule has 0 atom stereocenters. The molecule has 36 heavy (non-hydrogen) atoms. The zero-order valence-corrected chi connectivity index (χ0v) is 22.1. The first kappa shape index (κ1) is 25.9. The summed E-state index contributed by atoms with van der Waals surface area (Å²) in [4.78, 5) is 12.5. The van der Waals surface area contributed by atoms with Gasteiger partial charge in [-0.2, -0.15) is 0 Å². The molecule has 6 nitrogen and oxygen atoms in total. The molecule has 1 aliphatic heterocycles. The van der Waals surface area contributed by atoms with Crippen LogP contribution in [0.3, 0.4) is 0 Å². The van der Waals surface area contributed by atoms with E-state index in [-0.39, 0.29) is 12.5 Å². The minimum atomic E-state index is -0.232. The van der Waals surface area contributed by atoms with E-state index in [1.165, 1.54) is 11.8 Å². The van der Waals surface area contributed by atoms with Gasteiger partial charge in [0.05, 0.1) is 23.6 Å². The standard InChI is InChI=1S/C27H24ClNO5S2/c1-3-32-23-13-19(14-24-26(30)29-27(35)36-24)11-20(28)25(23)34-16-18-9-10-21(22(12-18)31-2)33-15-17-7-5-4-6-8-17/h4-14H,3,15-16H2,1-2H3,(H,29,30,35)/b24-14+. The Labute approximate surface area is 224 Å². The van der Waals surface area contributed by atoms with Crippen molar-refractivity contribution >= 4 is 51.9 Å². The summed E-state index contributed by atoms with van der Waals surface area (Å²) in [7, 11) is 1.60. The lowest BCUT2D eigenvalue weighted by molar-refractivity contribution is -0.115. The van der Waals surface area contributed by atoms with Crippen molar-refractivity contribution in [1.82, 2.24) is 5.32 Å². The van der Waals surface area contributed by atoms with E-state index in [4.69, 9.17) is 42.8 Å². The summed E-state index contributed by atoms with van der Waals surface area (Å²) in [5.74, 6) is 1.92. The van der Waals surface area contributed by atoms with Crippen molar-refractivity contribution < 1.29 is 23.7 Å². The van der Waals surface area contributed by atoms with Crippen LogP contribution in [-0.4, -0.2) is 23.9 Å². The van der Waals surface area contributed by atoms with Crippen LogP contribution in [0.25, 0.3) is 6.08 Å². The molecule has 1 N–H and O–H groups in total. The van der Waals surface area contributed by atoms with Gasteiger partial charge in [0.1, 0.15) is 17.5 Å². The normalized spacial score (nSPS) is 14.0. The van der Waals surface area contributed by atoms with Crippen molar-refractivity contribution in [3.8, 4) is 23.0 Å². The average molecular weight is 542 g/mol. The van der Waals surface area contributed by atoms with Crippen LogP contribution < -0.4 is 24.3 Å². The monoisotopic (exact) mass is 541 g/mol. The third-order valence-corrected chi connectivity index (χ3v) is 6.56. The molecule has 1 amide bonds. The molecule has 4 rings (SSSR count). The number of carbonyl (C=O) groups excluding carboxylic acids is 1. The summed E-state index contributed by atoms with van der Waals surface area (Å²) in [6, 6.07) is 19.1. The third-order valence-electron chi connectivity index (χ3n) is 5.12. The molecule has 1 fully saturated rings. The van der Waals surface area contributed by atoms with Crippen molar-refractivity contribution in [3.63, 3.8) is 0 Å². The van der Waals surface area contributed by atoms with E-state index >= 15 is 0 Å². The second-order valence-corrected chi connectivity index (χ2v) is 9.79. The molecule has 3 aromatic rings. The molecule has 1 saturated heterocycles. The van der Waals surface area contributed by atoms with Gasteiger partial charge in [-0.05, 0) is 54.0 Å². The molecule has 0 bridgehead atoms. The fourth-order valence-electron chi connectivity index (χ4n) is 3.46. The number of methoxy groups -OCH3 is 1. The summed E-state index contributed by atoms with van der Waals surface area (Å²) in [5, 5.41) is 2.97. The number of rotatable bonds is 10. The number of hydrogen-bond acceptors (Lipinski definition) is 7. The molecule has 9 heteroatoms. The fraction of sp³-hybridized carbons (Fsp3) is 0.185. The smallest absolute Gasteiger partial charge is 0.263 e. The van der Waals surface area contributed by atoms with Gasteiger partial charge < -0.3 is 24.3 Å². The zero-order chi connectivity index (χ0) is 25.5. The number of benzene rings is 3. The van der Waals surface area contributed by atoms with Gasteiger partial charge >= 0.3 is 0 Å². The van der Waals surface area contributed by atoms with Crippen LogP contribution in [0.15, 0.2) is 65.6 Å². The van der Waals surface area contributed by atoms with Crippen LogP contribution in [0.5, 0.6) is 23.0 Å². The van der Waals surface area contributed by atoms with Crippen molar-refractivity contribution in [1.29, 1.82) is 0 Å². The van der Waals surface area contributed by atoms with Gasteiger partial charge in [-0.3, -0.25) is 4.79 Å². The highest BCUT2D eigenvalue weighted by molar-refractivity contribution is 8.26. The van der Waals surface area contributed by atoms with Crippen LogP contribution >= 0.6 is 35.6 Å². The number of hydrogen-bond donors (Lipinski definition) is 1. The fourth-order valence-corrected chi connectivity index (χ4v) is 4.78. The maximum atomic E-state index is 12.0. The van der Waals surface area contributed by atoms with E-state index in [2.05, 4.69) is 5.32 Å². The SMILES string of the molecule is CCOc1cc(/C=C2/SC(=S)NC2=O)cc(Cl)c1OCc1ccc(OCc2ccccc2)c(OC)c1. The Morgan fingerprint density at radius 1 is 0.944 bits per heavy atom. The predicted molar refractivity (Wildman–Crippen MR) is 147 cm³/mol. The molecule has 1 aliphatic rings. The lowest BCUT2D eigenvalue weighted by Crippen LogP contribution is -2.17. The maximum absolute atomic E-state index is 12.0. The van der Waals surface area contributed by atoms with E-state index in [0.717, 1.165) is 11.1 Å². The number of halogens is 1. The summed E-state index contributed by atoms with van der Waals surface area (Å²) < 4.78 is 23.7. The minimum absolute atomic E-state index is 0.232. The van der Waals surface area contributed by atoms with E-state index < -0.39 is 0 Å². The number of amides is 1. The Balaban J connectivity index is 1.49. The van der Waals surface area contributed by atoms with Crippen molar-refractivity contribution in [2.45, 2.75) is 20.1 Å². The molecular weight excluding hydrogens is 518 g/mol. The first-order chi connectivity index (χ1) is 17.5. The average Bonchev–Trinajstić information content (AvgIpc) is 3.19. The second-order valence-electron chi connectivity index (χ2n) is 7.66. The molecule has 3 aromatic carbocycles. The van der Waals surface area contributed by atoms with Gasteiger partial charge in [-0.1, -0.05) is 72.0 Å². The molecule has 186 valence electrons. The molecule has 0 aliphatic carbocycles. The Morgan fingerprint density at radius 3 is 2.42 bits per heavy atom. The lowest BCUT2D eigenvalue weighted by Gasteiger charge is -2.16. The molecular formula is C27H24ClNO5S2. The number of thiocarbonyl (C=S) groups is 1. The second kappa shape index (κ2) is 12.2. The minimum Gasteiger partial charge on any atom is -0.493 e. The van der Waals surface area contributed by atoms with Crippen molar-refractivity contribution in [3.05, 3.63) is 87.3 Å². The first-order valence-corrected chi connectivity index (χ1v) is 12.7. The molecule has 0 aromatic heterocycles. The Morgan fingerprint density at radius 2 is 1.72 bits per heavy atom. The molecule has 0 spiro atoms. The van der Waals surface area contributed by atoms with Crippen LogP contribution in [-0.2, 0) is 18.0 Å². The predicted octanol–water partition coefficient (Wildman–Crippen LogP) is 6.39. The van der Waals surface area contributed by atoms with Gasteiger partial charge in [0, 0.05) is 0 Å². The first-order valence-electron chi connectivity index (χ1n) is 11.1. The van der Waals surface area contributed by atoms with Crippen LogP contribution in [0, 0.1) is 0 Å². The largest absolute Gasteiger partial charge is 0.493 e. The van der Waals surface area contributed by atoms with Crippen molar-refractivity contribution in [2.24, 2.45) is 0 Å². The lowest BCUT2D eigenvalue weighted by atomic mass is 10.1. The Bertz CT molecular complexity index is 1300. The Kier molecular flexibility index (Phi) is 8.74. The van der Waals surface area contributed by atoms with Gasteiger partial charge in [-0.25, -0.2) is 0 Å². The topological polar surface area (TPSA) is 66.0 Å². The van der Waals surface area contributed by atoms with Crippen LogP contribution in [0.4, 0.5) is 0 Å². The maximum Gasteiger partial charge on any atom is 0.263 e. The zero-order valence-electron chi connectivity index (χ0n) is 19.7. The highest BCUT2D eigenvalue weighted by Crippen LogP contribution is 2.39. The van der Waals surface area contributed by atoms with E-state index in [1.807, 2.05) is 55.5 Å². The number of nitrogens with one attached hydrogen (secondary N) is 1. The summed E-state index contributed by atoms with van der Waals surface area (Å²) in [6.45, 7) is 2.98. The number of ether oxygens (including phenoxy) is 4. The van der Waals surface area contributed by atoms with Gasteiger partial charge in [-0.15, -0.1) is 0 Å². The summed E-state index contributed by atoms with van der Waals surface area (Å²) in [5.41, 5.74) is 2.65. The van der Waals surface area contributed by atoms with E-state index in [0.29, 0.717) is 56.0 Å². The molecule has 0 saturated carbocycles. The van der Waals surface area contributed by atoms with Gasteiger partial charge in [0.15, 0.2) is 23.0 Å². The van der Waals surface area contributed by atoms with Crippen molar-refractivity contribution in [2.75, 3.05) is 13.7 Å². The highest BCUT2D eigenvalue weighted by Gasteiger charge is 2.22. The van der Waals surface area contributed by atoms with E-state index in [9.17, 15) is 4.79 Å². The number of carbonyl (C=O) groups is 1. The molecule has 0 radical (unpaired) electrons. The van der Waals surface area contributed by atoms with Crippen LogP contribution in [0.2, 0.25) is 5.02 Å². The number of thioether (sulfide) groups is 1.